The molecule has 1 aliphatic rings. The highest BCUT2D eigenvalue weighted by atomic mass is 19.1. The molecule has 0 spiro atoms. The van der Waals surface area contributed by atoms with Crippen LogP contribution in [0.1, 0.15) is 24.4 Å². The summed E-state index contributed by atoms with van der Waals surface area (Å²) in [6, 6.07) is 17.6. The highest BCUT2D eigenvalue weighted by molar-refractivity contribution is 6.01. The summed E-state index contributed by atoms with van der Waals surface area (Å²) in [5.74, 6) is 0.349. The molecule has 4 aromatic rings. The van der Waals surface area contributed by atoms with Crippen LogP contribution < -0.4 is 15.0 Å². The third-order valence-electron chi connectivity index (χ3n) is 5.78. The van der Waals surface area contributed by atoms with Crippen molar-refractivity contribution in [3.05, 3.63) is 102 Å². The number of amides is 2. The van der Waals surface area contributed by atoms with Crippen molar-refractivity contribution in [2.75, 3.05) is 12.0 Å². The first kappa shape index (κ1) is 22.3. The smallest absolute Gasteiger partial charge is 0.326 e. The lowest BCUT2D eigenvalue weighted by Crippen LogP contribution is -2.46. The Balaban J connectivity index is 1.63. The zero-order chi connectivity index (χ0) is 24.5. The Bertz CT molecular complexity index is 1400. The fraction of sp³-hybridized carbons (Fsp3) is 0.115. The summed E-state index contributed by atoms with van der Waals surface area (Å²) >= 11 is 0. The molecule has 0 saturated carbocycles. The van der Waals surface area contributed by atoms with Crippen LogP contribution in [0.5, 0.6) is 5.75 Å². The molecule has 1 unspecified atom stereocenters. The maximum absolute atomic E-state index is 13.5. The zero-order valence-electron chi connectivity index (χ0n) is 18.8. The highest BCUT2D eigenvalue weighted by Crippen LogP contribution is 2.39. The van der Waals surface area contributed by atoms with Crippen molar-refractivity contribution in [1.29, 1.82) is 0 Å². The SMILES string of the molecule is COc1ccc(C2NC(=O)N(c3ccc(F)cc3)C(C)=C2c2nc(-c3ccc(F)cc3)no2)cc1. The number of carbonyl (C=O) groups is 1. The number of rotatable bonds is 5. The number of anilines is 1. The molecule has 7 nitrogen and oxygen atoms in total. The summed E-state index contributed by atoms with van der Waals surface area (Å²) in [5.41, 5.74) is 2.94. The van der Waals surface area contributed by atoms with Gasteiger partial charge in [-0.25, -0.2) is 13.6 Å². The quantitative estimate of drug-likeness (QED) is 0.400. The Morgan fingerprint density at radius 2 is 1.57 bits per heavy atom. The zero-order valence-corrected chi connectivity index (χ0v) is 18.8. The molecule has 0 bridgehead atoms. The Labute approximate surface area is 199 Å². The first-order chi connectivity index (χ1) is 16.9. The van der Waals surface area contributed by atoms with Gasteiger partial charge in [-0.05, 0) is 73.2 Å². The van der Waals surface area contributed by atoms with E-state index in [0.717, 1.165) is 5.56 Å². The van der Waals surface area contributed by atoms with Gasteiger partial charge in [0.05, 0.1) is 24.4 Å². The second-order valence-electron chi connectivity index (χ2n) is 7.90. The van der Waals surface area contributed by atoms with Crippen LogP contribution in [0.2, 0.25) is 0 Å². The lowest BCUT2D eigenvalue weighted by Gasteiger charge is -2.35. The molecule has 35 heavy (non-hydrogen) atoms. The number of nitrogens with zero attached hydrogens (tertiary/aromatic N) is 3. The summed E-state index contributed by atoms with van der Waals surface area (Å²) in [4.78, 5) is 19.2. The van der Waals surface area contributed by atoms with Crippen LogP contribution in [0.15, 0.2) is 83.0 Å². The van der Waals surface area contributed by atoms with E-state index in [9.17, 15) is 13.6 Å². The molecule has 0 saturated heterocycles. The molecule has 2 amide bonds. The lowest BCUT2D eigenvalue weighted by molar-refractivity contribution is 0.244. The number of methoxy groups -OCH3 is 1. The van der Waals surface area contributed by atoms with Crippen molar-refractivity contribution >= 4 is 17.3 Å². The Hall–Kier alpha value is -4.53. The predicted molar refractivity (Wildman–Crippen MR) is 125 cm³/mol. The van der Waals surface area contributed by atoms with E-state index >= 15 is 0 Å². The lowest BCUT2D eigenvalue weighted by atomic mass is 9.94. The first-order valence-electron chi connectivity index (χ1n) is 10.8. The van der Waals surface area contributed by atoms with E-state index in [0.29, 0.717) is 28.3 Å². The van der Waals surface area contributed by atoms with E-state index in [1.54, 1.807) is 38.3 Å². The third kappa shape index (κ3) is 4.23. The Morgan fingerprint density at radius 3 is 2.20 bits per heavy atom. The molecular formula is C26H20F2N4O3. The number of halogens is 2. The summed E-state index contributed by atoms with van der Waals surface area (Å²) in [6.45, 7) is 1.76. The molecule has 0 fully saturated rings. The number of ether oxygens (including phenoxy) is 1. The van der Waals surface area contributed by atoms with Crippen LogP contribution >= 0.6 is 0 Å². The second-order valence-corrected chi connectivity index (χ2v) is 7.90. The van der Waals surface area contributed by atoms with E-state index in [-0.39, 0.29) is 17.5 Å². The van der Waals surface area contributed by atoms with Gasteiger partial charge in [-0.3, -0.25) is 4.90 Å². The van der Waals surface area contributed by atoms with Gasteiger partial charge in [0.15, 0.2) is 0 Å². The largest absolute Gasteiger partial charge is 0.497 e. The highest BCUT2D eigenvalue weighted by Gasteiger charge is 2.36. The summed E-state index contributed by atoms with van der Waals surface area (Å²) in [7, 11) is 1.57. The van der Waals surface area contributed by atoms with Crippen LogP contribution in [0.4, 0.5) is 19.3 Å². The Morgan fingerprint density at radius 1 is 0.943 bits per heavy atom. The average molecular weight is 474 g/mol. The number of allylic oxidation sites excluding steroid dienone is 1. The second kappa shape index (κ2) is 9.02. The van der Waals surface area contributed by atoms with Crippen molar-refractivity contribution in [3.8, 4) is 17.1 Å². The van der Waals surface area contributed by atoms with Gasteiger partial charge >= 0.3 is 6.03 Å². The number of carbonyl (C=O) groups excluding carboxylic acids is 1. The average Bonchev–Trinajstić information content (AvgIpc) is 3.35. The number of urea groups is 1. The summed E-state index contributed by atoms with van der Waals surface area (Å²) in [5, 5.41) is 7.05. The molecule has 1 aromatic heterocycles. The van der Waals surface area contributed by atoms with Crippen molar-refractivity contribution in [2.24, 2.45) is 0 Å². The minimum atomic E-state index is -0.605. The number of hydrogen-bond acceptors (Lipinski definition) is 5. The fourth-order valence-electron chi connectivity index (χ4n) is 4.02. The maximum atomic E-state index is 13.5. The van der Waals surface area contributed by atoms with Crippen molar-refractivity contribution in [1.82, 2.24) is 15.5 Å². The molecule has 2 heterocycles. The first-order valence-corrected chi connectivity index (χ1v) is 10.8. The van der Waals surface area contributed by atoms with Crippen molar-refractivity contribution in [3.63, 3.8) is 0 Å². The van der Waals surface area contributed by atoms with E-state index in [2.05, 4.69) is 15.5 Å². The minimum absolute atomic E-state index is 0.190. The third-order valence-corrected chi connectivity index (χ3v) is 5.78. The van der Waals surface area contributed by atoms with E-state index in [1.807, 2.05) is 12.1 Å². The summed E-state index contributed by atoms with van der Waals surface area (Å²) < 4.78 is 37.8. The molecule has 1 atom stereocenters. The maximum Gasteiger partial charge on any atom is 0.326 e. The molecule has 0 aliphatic carbocycles. The van der Waals surface area contributed by atoms with E-state index in [1.165, 1.54) is 41.3 Å². The molecule has 9 heteroatoms. The number of aromatic nitrogens is 2. The standard InChI is InChI=1S/C26H20F2N4O3/c1-15-22(25-30-24(31-35-25)17-3-7-18(27)8-4-17)23(16-5-13-21(34-2)14-6-16)29-26(33)32(15)20-11-9-19(28)10-12-20/h3-14,23H,1-2H3,(H,29,33). The number of nitrogens with one attached hydrogen (secondary N) is 1. The van der Waals surface area contributed by atoms with Crippen molar-refractivity contribution < 1.29 is 22.8 Å². The number of hydrogen-bond donors (Lipinski definition) is 1. The van der Waals surface area contributed by atoms with Crippen LogP contribution in [0.3, 0.4) is 0 Å². The van der Waals surface area contributed by atoms with Gasteiger partial charge in [0.2, 0.25) is 5.82 Å². The topological polar surface area (TPSA) is 80.5 Å². The van der Waals surface area contributed by atoms with Gasteiger partial charge in [0, 0.05) is 11.3 Å². The van der Waals surface area contributed by atoms with Gasteiger partial charge in [-0.2, -0.15) is 4.98 Å². The molecule has 176 valence electrons. The number of benzene rings is 3. The van der Waals surface area contributed by atoms with E-state index < -0.39 is 17.9 Å². The van der Waals surface area contributed by atoms with Gasteiger partial charge in [0.1, 0.15) is 17.4 Å². The monoisotopic (exact) mass is 474 g/mol. The van der Waals surface area contributed by atoms with Crippen LogP contribution in [-0.4, -0.2) is 23.3 Å². The fourth-order valence-corrected chi connectivity index (χ4v) is 4.02. The van der Waals surface area contributed by atoms with Gasteiger partial charge < -0.3 is 14.6 Å². The van der Waals surface area contributed by atoms with Gasteiger partial charge in [-0.1, -0.05) is 17.3 Å². The molecular weight excluding hydrogens is 454 g/mol. The molecule has 1 aliphatic heterocycles. The molecule has 5 rings (SSSR count). The Kier molecular flexibility index (Phi) is 5.74. The van der Waals surface area contributed by atoms with Crippen molar-refractivity contribution in [2.45, 2.75) is 13.0 Å². The predicted octanol–water partition coefficient (Wildman–Crippen LogP) is 5.73. The molecule has 0 radical (unpaired) electrons. The minimum Gasteiger partial charge on any atom is -0.497 e. The molecule has 1 N–H and O–H groups in total. The normalized spacial score (nSPS) is 15.8. The summed E-state index contributed by atoms with van der Waals surface area (Å²) in [6.07, 6.45) is 0. The van der Waals surface area contributed by atoms with E-state index in [4.69, 9.17) is 9.26 Å². The molecule has 3 aromatic carbocycles. The van der Waals surface area contributed by atoms with Gasteiger partial charge in [-0.15, -0.1) is 0 Å². The van der Waals surface area contributed by atoms with Crippen LogP contribution in [0.25, 0.3) is 17.0 Å². The van der Waals surface area contributed by atoms with Gasteiger partial charge in [0.25, 0.3) is 5.89 Å². The van der Waals surface area contributed by atoms with Crippen LogP contribution in [0, 0.1) is 11.6 Å². The van der Waals surface area contributed by atoms with Crippen LogP contribution in [-0.2, 0) is 0 Å².